The lowest BCUT2D eigenvalue weighted by molar-refractivity contribution is 0.103. The highest BCUT2D eigenvalue weighted by Gasteiger charge is 2.18. The monoisotopic (exact) mass is 415 g/mol. The van der Waals surface area contributed by atoms with Crippen molar-refractivity contribution in [1.82, 2.24) is 19.7 Å². The van der Waals surface area contributed by atoms with E-state index in [1.165, 1.54) is 22.7 Å². The number of halogens is 1. The van der Waals surface area contributed by atoms with E-state index in [-0.39, 0.29) is 5.91 Å². The molecule has 0 aliphatic rings. The van der Waals surface area contributed by atoms with Gasteiger partial charge in [0.05, 0.1) is 14.9 Å². The summed E-state index contributed by atoms with van der Waals surface area (Å²) in [6.45, 7) is 1.83. The summed E-state index contributed by atoms with van der Waals surface area (Å²) in [6, 6.07) is 11.3. The van der Waals surface area contributed by atoms with E-state index >= 15 is 0 Å². The Kier molecular flexibility index (Phi) is 4.77. The molecule has 0 saturated carbocycles. The second kappa shape index (κ2) is 7.22. The summed E-state index contributed by atoms with van der Waals surface area (Å²) >= 11 is 8.81. The molecule has 4 rings (SSSR count). The van der Waals surface area contributed by atoms with Crippen LogP contribution in [0.25, 0.3) is 21.3 Å². The van der Waals surface area contributed by atoms with Gasteiger partial charge >= 0.3 is 0 Å². The van der Waals surface area contributed by atoms with E-state index in [4.69, 9.17) is 11.6 Å². The summed E-state index contributed by atoms with van der Waals surface area (Å²) < 4.78 is 2.52. The van der Waals surface area contributed by atoms with Gasteiger partial charge in [0.1, 0.15) is 16.2 Å². The maximum absolute atomic E-state index is 12.8. The second-order valence-corrected chi connectivity index (χ2v) is 8.55. The van der Waals surface area contributed by atoms with Crippen molar-refractivity contribution in [3.05, 3.63) is 57.6 Å². The molecule has 0 radical (unpaired) electrons. The number of aryl methyl sites for hydroxylation is 2. The Balaban J connectivity index is 1.58. The zero-order valence-corrected chi connectivity index (χ0v) is 16.8. The number of thiophene rings is 1. The van der Waals surface area contributed by atoms with Gasteiger partial charge in [0.25, 0.3) is 5.91 Å². The number of rotatable bonds is 4. The van der Waals surface area contributed by atoms with E-state index in [0.29, 0.717) is 20.6 Å². The van der Waals surface area contributed by atoms with E-state index in [1.807, 2.05) is 54.9 Å². The summed E-state index contributed by atoms with van der Waals surface area (Å²) in [5, 5.41) is 11.7. The zero-order chi connectivity index (χ0) is 19.0. The Hall–Kier alpha value is -2.55. The van der Waals surface area contributed by atoms with Gasteiger partial charge in [-0.25, -0.2) is 4.98 Å². The molecule has 1 amide bonds. The van der Waals surface area contributed by atoms with E-state index in [2.05, 4.69) is 20.5 Å². The fraction of sp³-hybridized carbons (Fsp3) is 0.111. The van der Waals surface area contributed by atoms with Crippen LogP contribution in [0.15, 0.2) is 42.7 Å². The normalized spacial score (nSPS) is 10.9. The lowest BCUT2D eigenvalue weighted by atomic mass is 10.2. The van der Waals surface area contributed by atoms with Crippen LogP contribution in [-0.2, 0) is 7.05 Å². The maximum Gasteiger partial charge on any atom is 0.267 e. The molecule has 6 nitrogen and oxygen atoms in total. The Morgan fingerprint density at radius 1 is 1.22 bits per heavy atom. The number of nitrogens with zero attached hydrogens (tertiary/aromatic N) is 4. The number of aromatic nitrogens is 4. The van der Waals surface area contributed by atoms with Crippen LogP contribution in [0.3, 0.4) is 0 Å². The first-order valence-electron chi connectivity index (χ1n) is 8.00. The third kappa shape index (κ3) is 3.64. The van der Waals surface area contributed by atoms with Gasteiger partial charge in [-0.3, -0.25) is 4.79 Å². The molecule has 0 bridgehead atoms. The Morgan fingerprint density at radius 3 is 2.78 bits per heavy atom. The topological polar surface area (TPSA) is 72.7 Å². The largest absolute Gasteiger partial charge is 0.321 e. The molecule has 3 aromatic heterocycles. The van der Waals surface area contributed by atoms with Crippen LogP contribution in [-0.4, -0.2) is 25.7 Å². The first-order chi connectivity index (χ1) is 13.0. The van der Waals surface area contributed by atoms with Crippen molar-refractivity contribution in [2.24, 2.45) is 7.05 Å². The molecular formula is C18H14ClN5OS2. The quantitative estimate of drug-likeness (QED) is 0.515. The van der Waals surface area contributed by atoms with Crippen LogP contribution in [0.5, 0.6) is 0 Å². The van der Waals surface area contributed by atoms with Crippen molar-refractivity contribution in [2.75, 3.05) is 5.32 Å². The van der Waals surface area contributed by atoms with Crippen LogP contribution >= 0.6 is 34.3 Å². The van der Waals surface area contributed by atoms with Gasteiger partial charge in [0.2, 0.25) is 0 Å². The first-order valence-corrected chi connectivity index (χ1v) is 10.0. The number of amides is 1. The van der Waals surface area contributed by atoms with E-state index < -0.39 is 0 Å². The number of benzene rings is 1. The van der Waals surface area contributed by atoms with Gasteiger partial charge in [-0.1, -0.05) is 23.7 Å². The molecule has 0 spiro atoms. The fourth-order valence-electron chi connectivity index (χ4n) is 2.61. The SMILES string of the molecule is Cc1nc(-c2ccc(Cl)s2)sc1C(=O)Nc1cccc(-c2nncn2C)c1. The fourth-order valence-corrected chi connectivity index (χ4v) is 4.67. The molecule has 0 unspecified atom stereocenters. The maximum atomic E-state index is 12.8. The van der Waals surface area contributed by atoms with Crippen molar-refractivity contribution >= 4 is 45.9 Å². The minimum absolute atomic E-state index is 0.186. The minimum Gasteiger partial charge on any atom is -0.321 e. The number of hydrogen-bond acceptors (Lipinski definition) is 6. The molecule has 1 aromatic carbocycles. The third-order valence-electron chi connectivity index (χ3n) is 3.88. The molecule has 1 N–H and O–H groups in total. The van der Waals surface area contributed by atoms with Gasteiger partial charge in [-0.15, -0.1) is 32.9 Å². The lowest BCUT2D eigenvalue weighted by Gasteiger charge is -2.06. The Morgan fingerprint density at radius 2 is 2.07 bits per heavy atom. The van der Waals surface area contributed by atoms with Crippen LogP contribution in [0, 0.1) is 6.92 Å². The molecule has 0 aliphatic carbocycles. The number of nitrogens with one attached hydrogen (secondary N) is 1. The van der Waals surface area contributed by atoms with Gasteiger partial charge in [-0.05, 0) is 31.2 Å². The summed E-state index contributed by atoms with van der Waals surface area (Å²) in [4.78, 5) is 18.8. The number of anilines is 1. The molecule has 3 heterocycles. The average Bonchev–Trinajstić information content (AvgIpc) is 3.35. The summed E-state index contributed by atoms with van der Waals surface area (Å²) in [5.74, 6) is 0.547. The zero-order valence-electron chi connectivity index (χ0n) is 14.4. The summed E-state index contributed by atoms with van der Waals surface area (Å²) in [7, 11) is 1.87. The van der Waals surface area contributed by atoms with Gasteiger partial charge in [0.15, 0.2) is 5.82 Å². The number of hydrogen-bond donors (Lipinski definition) is 1. The first kappa shape index (κ1) is 17.8. The molecule has 0 fully saturated rings. The van der Waals surface area contributed by atoms with Crippen molar-refractivity contribution in [1.29, 1.82) is 0 Å². The summed E-state index contributed by atoms with van der Waals surface area (Å²) in [6.07, 6.45) is 1.64. The van der Waals surface area contributed by atoms with Crippen LogP contribution in [0.2, 0.25) is 4.34 Å². The van der Waals surface area contributed by atoms with Crippen molar-refractivity contribution in [2.45, 2.75) is 6.92 Å². The highest BCUT2D eigenvalue weighted by atomic mass is 35.5. The highest BCUT2D eigenvalue weighted by Crippen LogP contribution is 2.35. The van der Waals surface area contributed by atoms with Crippen LogP contribution in [0.1, 0.15) is 15.4 Å². The smallest absolute Gasteiger partial charge is 0.267 e. The Labute approximate surface area is 168 Å². The van der Waals surface area contributed by atoms with Gasteiger partial charge in [-0.2, -0.15) is 0 Å². The number of carbonyl (C=O) groups is 1. The average molecular weight is 416 g/mol. The van der Waals surface area contributed by atoms with E-state index in [0.717, 1.165) is 21.3 Å². The molecule has 27 heavy (non-hydrogen) atoms. The molecule has 9 heteroatoms. The van der Waals surface area contributed by atoms with Crippen molar-refractivity contribution in [3.63, 3.8) is 0 Å². The lowest BCUT2D eigenvalue weighted by Crippen LogP contribution is -2.11. The van der Waals surface area contributed by atoms with E-state index in [1.54, 1.807) is 6.33 Å². The molecule has 136 valence electrons. The number of thiazole rings is 1. The van der Waals surface area contributed by atoms with Crippen molar-refractivity contribution < 1.29 is 4.79 Å². The van der Waals surface area contributed by atoms with Gasteiger partial charge in [0, 0.05) is 18.3 Å². The standard InChI is InChI=1S/C18H14ClN5OS2/c1-10-15(27-18(21-10)13-6-7-14(19)26-13)17(25)22-12-5-3-4-11(8-12)16-23-20-9-24(16)2/h3-9H,1-2H3,(H,22,25). The Bertz CT molecular complexity index is 1130. The predicted octanol–water partition coefficient (Wildman–Crippen LogP) is 4.88. The number of carbonyl (C=O) groups excluding carboxylic acids is 1. The third-order valence-corrected chi connectivity index (χ3v) is 6.43. The van der Waals surface area contributed by atoms with Crippen LogP contribution in [0.4, 0.5) is 5.69 Å². The predicted molar refractivity (Wildman–Crippen MR) is 110 cm³/mol. The van der Waals surface area contributed by atoms with Crippen molar-refractivity contribution in [3.8, 4) is 21.3 Å². The van der Waals surface area contributed by atoms with Crippen LogP contribution < -0.4 is 5.32 Å². The van der Waals surface area contributed by atoms with E-state index in [9.17, 15) is 4.79 Å². The molecular weight excluding hydrogens is 402 g/mol. The molecule has 0 atom stereocenters. The van der Waals surface area contributed by atoms with Gasteiger partial charge < -0.3 is 9.88 Å². The second-order valence-electron chi connectivity index (χ2n) is 5.84. The molecule has 4 aromatic rings. The molecule has 0 aliphatic heterocycles. The highest BCUT2D eigenvalue weighted by molar-refractivity contribution is 7.24. The molecule has 0 saturated heterocycles. The minimum atomic E-state index is -0.186. The summed E-state index contributed by atoms with van der Waals surface area (Å²) in [5.41, 5.74) is 2.26.